The third-order valence-electron chi connectivity index (χ3n) is 3.45. The van der Waals surface area contributed by atoms with Crippen molar-refractivity contribution in [2.24, 2.45) is 0 Å². The number of rotatable bonds is 4. The lowest BCUT2D eigenvalue weighted by atomic mass is 10.1. The monoisotopic (exact) mass is 244 g/mol. The van der Waals surface area contributed by atoms with Crippen LogP contribution < -0.4 is 0 Å². The fourth-order valence-electron chi connectivity index (χ4n) is 2.34. The lowest BCUT2D eigenvalue weighted by Gasteiger charge is -2.19. The summed E-state index contributed by atoms with van der Waals surface area (Å²) in [5.74, 6) is 0.180. The quantitative estimate of drug-likeness (QED) is 0.812. The predicted molar refractivity (Wildman–Crippen MR) is 74.6 cm³/mol. The fourth-order valence-corrected chi connectivity index (χ4v) is 2.34. The number of benzene rings is 1. The molecule has 2 aromatic rings. The first-order valence-electron chi connectivity index (χ1n) is 6.49. The molecule has 0 aliphatic rings. The first kappa shape index (κ1) is 12.7. The highest BCUT2D eigenvalue weighted by molar-refractivity contribution is 5.85. The molecular weight excluding hydrogens is 224 g/mol. The second kappa shape index (κ2) is 5.25. The van der Waals surface area contributed by atoms with Gasteiger partial charge in [-0.25, -0.2) is 0 Å². The third-order valence-corrected chi connectivity index (χ3v) is 3.45. The summed E-state index contributed by atoms with van der Waals surface area (Å²) in [6.07, 6.45) is 2.00. The summed E-state index contributed by atoms with van der Waals surface area (Å²) in [5, 5.41) is 1.23. The molecular formula is C15H20N2O. The van der Waals surface area contributed by atoms with Gasteiger partial charge in [0.25, 0.3) is 0 Å². The van der Waals surface area contributed by atoms with E-state index in [1.165, 1.54) is 10.9 Å². The van der Waals surface area contributed by atoms with Gasteiger partial charge in [0.2, 0.25) is 5.91 Å². The van der Waals surface area contributed by atoms with Gasteiger partial charge in [0.1, 0.15) is 6.54 Å². The van der Waals surface area contributed by atoms with Gasteiger partial charge in [0, 0.05) is 30.2 Å². The summed E-state index contributed by atoms with van der Waals surface area (Å²) in [6, 6.07) is 8.28. The molecule has 0 aliphatic heterocycles. The normalized spacial score (nSPS) is 10.8. The lowest BCUT2D eigenvalue weighted by molar-refractivity contribution is -0.131. The maximum atomic E-state index is 12.1. The number of hydrogen-bond donors (Lipinski definition) is 0. The number of hydrogen-bond acceptors (Lipinski definition) is 1. The molecule has 0 fully saturated rings. The number of carbonyl (C=O) groups excluding carboxylic acids is 1. The van der Waals surface area contributed by atoms with Crippen LogP contribution in [0, 0.1) is 6.92 Å². The minimum Gasteiger partial charge on any atom is -0.342 e. The van der Waals surface area contributed by atoms with E-state index in [9.17, 15) is 4.79 Å². The second-order valence-corrected chi connectivity index (χ2v) is 4.52. The first-order chi connectivity index (χ1) is 8.67. The van der Waals surface area contributed by atoms with E-state index < -0.39 is 0 Å². The molecule has 0 bridgehead atoms. The van der Waals surface area contributed by atoms with Crippen LogP contribution in [-0.4, -0.2) is 28.5 Å². The molecule has 0 spiro atoms. The van der Waals surface area contributed by atoms with E-state index in [0.29, 0.717) is 6.54 Å². The zero-order valence-corrected chi connectivity index (χ0v) is 11.3. The summed E-state index contributed by atoms with van der Waals surface area (Å²) in [6.45, 7) is 8.09. The molecule has 1 aromatic heterocycles. The van der Waals surface area contributed by atoms with Crippen LogP contribution in [0.5, 0.6) is 0 Å². The first-order valence-corrected chi connectivity index (χ1v) is 6.49. The number of carbonyl (C=O) groups is 1. The van der Waals surface area contributed by atoms with Crippen molar-refractivity contribution in [2.45, 2.75) is 27.3 Å². The number of fused-ring (bicyclic) bond motifs is 1. The van der Waals surface area contributed by atoms with E-state index in [1.54, 1.807) is 0 Å². The molecule has 0 saturated heterocycles. The number of aromatic nitrogens is 1. The summed E-state index contributed by atoms with van der Waals surface area (Å²) in [5.41, 5.74) is 2.39. The van der Waals surface area contributed by atoms with Gasteiger partial charge in [0.15, 0.2) is 0 Å². The van der Waals surface area contributed by atoms with Crippen molar-refractivity contribution in [3.05, 3.63) is 36.0 Å². The van der Waals surface area contributed by atoms with Crippen LogP contribution in [0.4, 0.5) is 0 Å². The van der Waals surface area contributed by atoms with Crippen LogP contribution in [-0.2, 0) is 11.3 Å². The van der Waals surface area contributed by atoms with Crippen molar-refractivity contribution in [3.63, 3.8) is 0 Å². The molecule has 2 rings (SSSR count). The molecule has 0 unspecified atom stereocenters. The highest BCUT2D eigenvalue weighted by Crippen LogP contribution is 2.19. The molecule has 0 aliphatic carbocycles. The van der Waals surface area contributed by atoms with Crippen molar-refractivity contribution in [3.8, 4) is 0 Å². The molecule has 3 nitrogen and oxygen atoms in total. The molecule has 1 heterocycles. The minimum atomic E-state index is 0.180. The van der Waals surface area contributed by atoms with Crippen LogP contribution in [0.25, 0.3) is 10.9 Å². The summed E-state index contributed by atoms with van der Waals surface area (Å²) in [7, 11) is 0. The fraction of sp³-hybridized carbons (Fsp3) is 0.400. The van der Waals surface area contributed by atoms with E-state index in [2.05, 4.69) is 25.1 Å². The Kier molecular flexibility index (Phi) is 3.70. The number of likely N-dealkylation sites (N-methyl/N-ethyl adjacent to an activating group) is 1. The van der Waals surface area contributed by atoms with Gasteiger partial charge >= 0.3 is 0 Å². The topological polar surface area (TPSA) is 25.2 Å². The average Bonchev–Trinajstić information content (AvgIpc) is 2.76. The smallest absolute Gasteiger partial charge is 0.242 e. The van der Waals surface area contributed by atoms with Gasteiger partial charge in [-0.05, 0) is 38.5 Å². The van der Waals surface area contributed by atoms with E-state index in [0.717, 1.165) is 18.6 Å². The minimum absolute atomic E-state index is 0.180. The van der Waals surface area contributed by atoms with Gasteiger partial charge in [0.05, 0.1) is 0 Å². The van der Waals surface area contributed by atoms with Crippen LogP contribution in [0.1, 0.15) is 19.4 Å². The van der Waals surface area contributed by atoms with Gasteiger partial charge in [-0.1, -0.05) is 12.1 Å². The van der Waals surface area contributed by atoms with Crippen LogP contribution in [0.3, 0.4) is 0 Å². The number of aryl methyl sites for hydroxylation is 1. The van der Waals surface area contributed by atoms with Gasteiger partial charge in [-0.15, -0.1) is 0 Å². The van der Waals surface area contributed by atoms with E-state index >= 15 is 0 Å². The molecule has 0 N–H and O–H groups in total. The number of amides is 1. The SMILES string of the molecule is CCN(CC)C(=O)Cn1ccc2c(C)cccc21. The molecule has 3 heteroatoms. The Hall–Kier alpha value is -1.77. The predicted octanol–water partition coefficient (Wildman–Crippen LogP) is 2.82. The van der Waals surface area contributed by atoms with E-state index in [-0.39, 0.29) is 5.91 Å². The molecule has 18 heavy (non-hydrogen) atoms. The zero-order valence-electron chi connectivity index (χ0n) is 11.3. The van der Waals surface area contributed by atoms with Gasteiger partial charge in [-0.3, -0.25) is 4.79 Å². The molecule has 0 atom stereocenters. The Labute approximate surface area is 108 Å². The summed E-state index contributed by atoms with van der Waals surface area (Å²) >= 11 is 0. The standard InChI is InChI=1S/C15H20N2O/c1-4-16(5-2)15(18)11-17-10-9-13-12(3)7-6-8-14(13)17/h6-10H,4-5,11H2,1-3H3. The Balaban J connectivity index is 2.27. The lowest BCUT2D eigenvalue weighted by Crippen LogP contribution is -2.33. The van der Waals surface area contributed by atoms with Crippen LogP contribution in [0.15, 0.2) is 30.5 Å². The maximum Gasteiger partial charge on any atom is 0.242 e. The second-order valence-electron chi connectivity index (χ2n) is 4.52. The highest BCUT2D eigenvalue weighted by Gasteiger charge is 2.11. The van der Waals surface area contributed by atoms with Crippen LogP contribution in [0.2, 0.25) is 0 Å². The maximum absolute atomic E-state index is 12.1. The Bertz CT molecular complexity index is 553. The Morgan fingerprint density at radius 2 is 1.94 bits per heavy atom. The van der Waals surface area contributed by atoms with E-state index in [1.807, 2.05) is 35.6 Å². The molecule has 0 saturated carbocycles. The van der Waals surface area contributed by atoms with Gasteiger partial charge < -0.3 is 9.47 Å². The highest BCUT2D eigenvalue weighted by atomic mass is 16.2. The van der Waals surface area contributed by atoms with Crippen molar-refractivity contribution < 1.29 is 4.79 Å². The van der Waals surface area contributed by atoms with Crippen LogP contribution >= 0.6 is 0 Å². The van der Waals surface area contributed by atoms with Crippen molar-refractivity contribution >= 4 is 16.8 Å². The van der Waals surface area contributed by atoms with Crippen molar-refractivity contribution in [2.75, 3.05) is 13.1 Å². The zero-order chi connectivity index (χ0) is 13.1. The summed E-state index contributed by atoms with van der Waals surface area (Å²) < 4.78 is 2.03. The molecule has 1 aromatic carbocycles. The third kappa shape index (κ3) is 2.26. The molecule has 0 radical (unpaired) electrons. The molecule has 96 valence electrons. The van der Waals surface area contributed by atoms with Crippen molar-refractivity contribution in [1.29, 1.82) is 0 Å². The largest absolute Gasteiger partial charge is 0.342 e. The van der Waals surface area contributed by atoms with E-state index in [4.69, 9.17) is 0 Å². The summed E-state index contributed by atoms with van der Waals surface area (Å²) in [4.78, 5) is 14.0. The Morgan fingerprint density at radius 1 is 1.22 bits per heavy atom. The molecule has 1 amide bonds. The number of nitrogens with zero attached hydrogens (tertiary/aromatic N) is 2. The Morgan fingerprint density at radius 3 is 2.61 bits per heavy atom. The van der Waals surface area contributed by atoms with Gasteiger partial charge in [-0.2, -0.15) is 0 Å². The average molecular weight is 244 g/mol. The van der Waals surface area contributed by atoms with Crippen molar-refractivity contribution in [1.82, 2.24) is 9.47 Å².